The topological polar surface area (TPSA) is 63.7 Å². The Morgan fingerprint density at radius 1 is 1.21 bits per heavy atom. The van der Waals surface area contributed by atoms with Gasteiger partial charge in [0.25, 0.3) is 0 Å². The van der Waals surface area contributed by atoms with E-state index in [0.717, 1.165) is 56.9 Å². The van der Waals surface area contributed by atoms with Gasteiger partial charge in [-0.15, -0.1) is 0 Å². The van der Waals surface area contributed by atoms with Crippen molar-refractivity contribution >= 4 is 5.91 Å². The third-order valence-electron chi connectivity index (χ3n) is 5.33. The van der Waals surface area contributed by atoms with Gasteiger partial charge in [-0.1, -0.05) is 18.2 Å². The molecule has 1 atom stereocenters. The number of amides is 1. The van der Waals surface area contributed by atoms with E-state index in [2.05, 4.69) is 33.4 Å². The van der Waals surface area contributed by atoms with Gasteiger partial charge in [-0.2, -0.15) is 0 Å². The highest BCUT2D eigenvalue weighted by Gasteiger charge is 2.23. The number of hydrogen-bond donors (Lipinski definition) is 1. The van der Waals surface area contributed by atoms with Gasteiger partial charge < -0.3 is 14.8 Å². The van der Waals surface area contributed by atoms with Crippen molar-refractivity contribution in [1.29, 1.82) is 0 Å². The number of aromatic nitrogens is 1. The van der Waals surface area contributed by atoms with Crippen LogP contribution in [0.2, 0.25) is 0 Å². The number of pyridine rings is 1. The number of rotatable bonds is 10. The summed E-state index contributed by atoms with van der Waals surface area (Å²) >= 11 is 0. The van der Waals surface area contributed by atoms with Gasteiger partial charge in [-0.05, 0) is 48.6 Å². The number of unbranched alkanes of at least 4 members (excludes halogenated alkanes) is 1. The normalized spacial score (nSPS) is 15.6. The number of methoxy groups -OCH3 is 1. The Bertz CT molecular complexity index is 731. The molecule has 0 radical (unpaired) electrons. The van der Waals surface area contributed by atoms with E-state index in [1.807, 2.05) is 24.4 Å². The second-order valence-corrected chi connectivity index (χ2v) is 7.31. The number of carbonyl (C=O) groups is 1. The van der Waals surface area contributed by atoms with Crippen LogP contribution in [0.15, 0.2) is 48.8 Å². The van der Waals surface area contributed by atoms with Gasteiger partial charge in [-0.25, -0.2) is 0 Å². The van der Waals surface area contributed by atoms with E-state index in [1.54, 1.807) is 13.3 Å². The number of morpholine rings is 1. The summed E-state index contributed by atoms with van der Waals surface area (Å²) in [5, 5.41) is 3.13. The number of hydrogen-bond acceptors (Lipinski definition) is 5. The van der Waals surface area contributed by atoms with Gasteiger partial charge in [0.1, 0.15) is 5.75 Å². The van der Waals surface area contributed by atoms with E-state index in [-0.39, 0.29) is 11.9 Å². The van der Waals surface area contributed by atoms with Crippen molar-refractivity contribution in [2.45, 2.75) is 31.7 Å². The van der Waals surface area contributed by atoms with E-state index in [1.165, 1.54) is 5.56 Å². The minimum Gasteiger partial charge on any atom is -0.497 e. The molecule has 1 aliphatic heterocycles. The molecule has 1 aliphatic rings. The Balaban J connectivity index is 1.42. The molecule has 1 N–H and O–H groups in total. The van der Waals surface area contributed by atoms with Crippen LogP contribution in [0.25, 0.3) is 0 Å². The van der Waals surface area contributed by atoms with Crippen molar-refractivity contribution in [3.8, 4) is 5.75 Å². The number of aryl methyl sites for hydroxylation is 1. The van der Waals surface area contributed by atoms with Gasteiger partial charge in [0.2, 0.25) is 5.91 Å². The van der Waals surface area contributed by atoms with E-state index < -0.39 is 0 Å². The highest BCUT2D eigenvalue weighted by atomic mass is 16.5. The maximum Gasteiger partial charge on any atom is 0.220 e. The fraction of sp³-hybridized carbons (Fsp3) is 0.478. The third kappa shape index (κ3) is 6.84. The summed E-state index contributed by atoms with van der Waals surface area (Å²) in [6.45, 7) is 3.81. The first-order valence-electron chi connectivity index (χ1n) is 10.4. The number of carbonyl (C=O) groups excluding carboxylic acids is 1. The zero-order chi connectivity index (χ0) is 20.3. The lowest BCUT2D eigenvalue weighted by Gasteiger charge is -2.34. The van der Waals surface area contributed by atoms with E-state index in [0.29, 0.717) is 13.0 Å². The van der Waals surface area contributed by atoms with Crippen LogP contribution in [0.5, 0.6) is 5.75 Å². The quantitative estimate of drug-likeness (QED) is 0.625. The van der Waals surface area contributed by atoms with Crippen LogP contribution in [0.4, 0.5) is 0 Å². The Labute approximate surface area is 173 Å². The summed E-state index contributed by atoms with van der Waals surface area (Å²) in [5.74, 6) is 0.985. The maximum absolute atomic E-state index is 12.4. The van der Waals surface area contributed by atoms with Gasteiger partial charge >= 0.3 is 0 Å². The van der Waals surface area contributed by atoms with Gasteiger partial charge in [0.05, 0.1) is 26.4 Å². The second kappa shape index (κ2) is 11.5. The molecule has 0 spiro atoms. The smallest absolute Gasteiger partial charge is 0.220 e. The highest BCUT2D eigenvalue weighted by molar-refractivity contribution is 5.75. The minimum atomic E-state index is 0.113. The molecular weight excluding hydrogens is 366 g/mol. The summed E-state index contributed by atoms with van der Waals surface area (Å²) < 4.78 is 10.7. The van der Waals surface area contributed by atoms with Crippen LogP contribution >= 0.6 is 0 Å². The largest absolute Gasteiger partial charge is 0.497 e. The lowest BCUT2D eigenvalue weighted by molar-refractivity contribution is -0.121. The summed E-state index contributed by atoms with van der Waals surface area (Å²) in [7, 11) is 1.67. The third-order valence-corrected chi connectivity index (χ3v) is 5.33. The molecule has 2 heterocycles. The number of nitrogens with one attached hydrogen (secondary N) is 1. The van der Waals surface area contributed by atoms with Gasteiger partial charge in [-0.3, -0.25) is 14.7 Å². The van der Waals surface area contributed by atoms with Crippen LogP contribution in [-0.2, 0) is 16.0 Å². The zero-order valence-corrected chi connectivity index (χ0v) is 17.2. The Morgan fingerprint density at radius 3 is 2.69 bits per heavy atom. The summed E-state index contributed by atoms with van der Waals surface area (Å²) in [6.07, 6.45) is 7.08. The van der Waals surface area contributed by atoms with Gasteiger partial charge in [0, 0.05) is 38.4 Å². The molecule has 29 heavy (non-hydrogen) atoms. The highest BCUT2D eigenvalue weighted by Crippen LogP contribution is 2.20. The predicted molar refractivity (Wildman–Crippen MR) is 113 cm³/mol. The molecule has 6 nitrogen and oxygen atoms in total. The van der Waals surface area contributed by atoms with Crippen molar-refractivity contribution in [1.82, 2.24) is 15.2 Å². The van der Waals surface area contributed by atoms with Gasteiger partial charge in [0.15, 0.2) is 0 Å². The molecule has 1 unspecified atom stereocenters. The molecule has 1 saturated heterocycles. The first-order chi connectivity index (χ1) is 14.3. The molecule has 0 saturated carbocycles. The fourth-order valence-electron chi connectivity index (χ4n) is 3.63. The molecular formula is C23H31N3O3. The van der Waals surface area contributed by atoms with E-state index >= 15 is 0 Å². The SMILES string of the molecule is COc1ccc(CCCCC(=O)NCC(c2cccnc2)N2CCOCC2)cc1. The molecule has 6 heteroatoms. The average Bonchev–Trinajstić information content (AvgIpc) is 2.79. The summed E-state index contributed by atoms with van der Waals surface area (Å²) in [5.41, 5.74) is 2.41. The number of nitrogens with zero attached hydrogens (tertiary/aromatic N) is 2. The van der Waals surface area contributed by atoms with Crippen LogP contribution in [0, 0.1) is 0 Å². The van der Waals surface area contributed by atoms with Crippen molar-refractivity contribution in [2.24, 2.45) is 0 Å². The van der Waals surface area contributed by atoms with Crippen LogP contribution in [-0.4, -0.2) is 55.7 Å². The standard InChI is InChI=1S/C23H31N3O3/c1-28-21-10-8-19(9-11-21)5-2-3-7-23(27)25-18-22(20-6-4-12-24-17-20)26-13-15-29-16-14-26/h4,6,8-12,17,22H,2-3,5,7,13-16,18H2,1H3,(H,25,27). The predicted octanol–water partition coefficient (Wildman–Crippen LogP) is 2.99. The zero-order valence-electron chi connectivity index (χ0n) is 17.2. The Hall–Kier alpha value is -2.44. The van der Waals surface area contributed by atoms with Crippen molar-refractivity contribution < 1.29 is 14.3 Å². The summed E-state index contributed by atoms with van der Waals surface area (Å²) in [4.78, 5) is 19.0. The second-order valence-electron chi connectivity index (χ2n) is 7.31. The fourth-order valence-corrected chi connectivity index (χ4v) is 3.63. The summed E-state index contributed by atoms with van der Waals surface area (Å²) in [6, 6.07) is 12.3. The molecule has 0 bridgehead atoms. The molecule has 156 valence electrons. The van der Waals surface area contributed by atoms with Crippen LogP contribution < -0.4 is 10.1 Å². The lowest BCUT2D eigenvalue weighted by atomic mass is 10.1. The average molecular weight is 398 g/mol. The van der Waals surface area contributed by atoms with E-state index in [4.69, 9.17) is 9.47 Å². The lowest BCUT2D eigenvalue weighted by Crippen LogP contribution is -2.43. The molecule has 1 amide bonds. The molecule has 0 aliphatic carbocycles. The van der Waals surface area contributed by atoms with Crippen molar-refractivity contribution in [2.75, 3.05) is 40.0 Å². The molecule has 1 fully saturated rings. The van der Waals surface area contributed by atoms with Crippen LogP contribution in [0.1, 0.15) is 36.4 Å². The van der Waals surface area contributed by atoms with Crippen molar-refractivity contribution in [3.05, 3.63) is 59.9 Å². The minimum absolute atomic E-state index is 0.113. The molecule has 1 aromatic carbocycles. The molecule has 3 rings (SSSR count). The van der Waals surface area contributed by atoms with E-state index in [9.17, 15) is 4.79 Å². The maximum atomic E-state index is 12.4. The first-order valence-corrected chi connectivity index (χ1v) is 10.4. The Morgan fingerprint density at radius 2 is 2.00 bits per heavy atom. The van der Waals surface area contributed by atoms with Crippen molar-refractivity contribution in [3.63, 3.8) is 0 Å². The number of benzene rings is 1. The molecule has 1 aromatic heterocycles. The first kappa shape index (κ1) is 21.3. The molecule has 2 aromatic rings. The van der Waals surface area contributed by atoms with Crippen LogP contribution in [0.3, 0.4) is 0 Å². The monoisotopic (exact) mass is 397 g/mol. The number of ether oxygens (including phenoxy) is 2. The Kier molecular flexibility index (Phi) is 8.46.